The van der Waals surface area contributed by atoms with Gasteiger partial charge in [-0.1, -0.05) is 23.7 Å². The molecule has 0 saturated heterocycles. The third-order valence-electron chi connectivity index (χ3n) is 1.60. The Morgan fingerprint density at radius 1 is 1.42 bits per heavy atom. The highest BCUT2D eigenvalue weighted by Gasteiger charge is 2.01. The molecular weight excluding hydrogens is 174 g/mol. The first-order chi connectivity index (χ1) is 5.74. The first-order valence-corrected chi connectivity index (χ1v) is 3.94. The molecule has 0 unspecified atom stereocenters. The highest BCUT2D eigenvalue weighted by Crippen LogP contribution is 2.18. The van der Waals surface area contributed by atoms with E-state index in [9.17, 15) is 4.79 Å². The van der Waals surface area contributed by atoms with Crippen LogP contribution < -0.4 is 0 Å². The Balaban J connectivity index is 2.89. The summed E-state index contributed by atoms with van der Waals surface area (Å²) in [5, 5.41) is 0.682. The van der Waals surface area contributed by atoms with E-state index >= 15 is 0 Å². The molecule has 62 valence electrons. The molecule has 0 heterocycles. The smallest absolute Gasteiger partial charge is 0.211 e. The molecule has 0 radical (unpaired) electrons. The van der Waals surface area contributed by atoms with Crippen LogP contribution in [0.25, 0.3) is 0 Å². The summed E-state index contributed by atoms with van der Waals surface area (Å²) in [5.74, 6) is 0. The minimum absolute atomic E-state index is 0.139. The van der Waals surface area contributed by atoms with Gasteiger partial charge < -0.3 is 0 Å². The fourth-order valence-electron chi connectivity index (χ4n) is 0.895. The number of nitrogens with zero attached hydrogens (tertiary/aromatic N) is 1. The zero-order valence-electron chi connectivity index (χ0n) is 6.62. The van der Waals surface area contributed by atoms with Gasteiger partial charge in [-0.15, -0.1) is 0 Å². The van der Waals surface area contributed by atoms with Gasteiger partial charge in [-0.05, 0) is 24.6 Å². The Bertz CT molecular complexity index is 301. The molecule has 12 heavy (non-hydrogen) atoms. The number of hydrogen-bond donors (Lipinski definition) is 0. The van der Waals surface area contributed by atoms with E-state index in [2.05, 4.69) is 4.99 Å². The second-order valence-corrected chi connectivity index (χ2v) is 2.88. The van der Waals surface area contributed by atoms with Gasteiger partial charge in [0.1, 0.15) is 0 Å². The summed E-state index contributed by atoms with van der Waals surface area (Å²) < 4.78 is 0. The van der Waals surface area contributed by atoms with Crippen molar-refractivity contribution in [3.8, 4) is 0 Å². The molecule has 0 aliphatic rings. The molecular formula is C9H8ClNO. The number of rotatable bonds is 2. The highest BCUT2D eigenvalue weighted by atomic mass is 35.5. The summed E-state index contributed by atoms with van der Waals surface area (Å²) in [4.78, 5) is 13.5. The first kappa shape index (κ1) is 8.98. The number of halogens is 1. The van der Waals surface area contributed by atoms with Crippen molar-refractivity contribution in [1.82, 2.24) is 0 Å². The van der Waals surface area contributed by atoms with Gasteiger partial charge in [0.2, 0.25) is 6.08 Å². The molecule has 0 saturated carbocycles. The summed E-state index contributed by atoms with van der Waals surface area (Å²) in [6.07, 6.45) is 1.52. The zero-order valence-corrected chi connectivity index (χ0v) is 7.38. The molecule has 0 N–H and O–H groups in total. The third-order valence-corrected chi connectivity index (χ3v) is 1.85. The maximum absolute atomic E-state index is 9.94. The Hall–Kier alpha value is -1.11. The van der Waals surface area contributed by atoms with Crippen LogP contribution >= 0.6 is 11.6 Å². The molecule has 0 bridgehead atoms. The van der Waals surface area contributed by atoms with Crippen molar-refractivity contribution in [2.24, 2.45) is 4.99 Å². The van der Waals surface area contributed by atoms with E-state index in [1.807, 2.05) is 19.1 Å². The lowest BCUT2D eigenvalue weighted by molar-refractivity contribution is 0.559. The predicted molar refractivity (Wildman–Crippen MR) is 48.0 cm³/mol. The summed E-state index contributed by atoms with van der Waals surface area (Å²) in [5.41, 5.74) is 0.961. The average molecular weight is 182 g/mol. The van der Waals surface area contributed by atoms with Crippen LogP contribution in [-0.4, -0.2) is 6.08 Å². The maximum Gasteiger partial charge on any atom is 0.235 e. The summed E-state index contributed by atoms with van der Waals surface area (Å²) >= 11 is 5.69. The molecule has 3 heteroatoms. The van der Waals surface area contributed by atoms with Gasteiger partial charge in [-0.3, -0.25) is 0 Å². The van der Waals surface area contributed by atoms with Gasteiger partial charge in [-0.2, -0.15) is 4.99 Å². The van der Waals surface area contributed by atoms with E-state index in [-0.39, 0.29) is 6.04 Å². The Morgan fingerprint density at radius 3 is 2.50 bits per heavy atom. The molecule has 1 aromatic rings. The van der Waals surface area contributed by atoms with Crippen molar-refractivity contribution < 1.29 is 4.79 Å². The van der Waals surface area contributed by atoms with Gasteiger partial charge in [-0.25, -0.2) is 4.79 Å². The number of carbonyl (C=O) groups excluding carboxylic acids is 1. The van der Waals surface area contributed by atoms with Crippen LogP contribution in [0.15, 0.2) is 29.3 Å². The SMILES string of the molecule is C[C@H](N=C=O)c1ccc(Cl)cc1. The zero-order chi connectivity index (χ0) is 8.97. The van der Waals surface area contributed by atoms with Gasteiger partial charge in [0.25, 0.3) is 0 Å². The van der Waals surface area contributed by atoms with Crippen LogP contribution in [0.2, 0.25) is 5.02 Å². The van der Waals surface area contributed by atoms with Crippen LogP contribution in [0.5, 0.6) is 0 Å². The monoisotopic (exact) mass is 181 g/mol. The van der Waals surface area contributed by atoms with E-state index in [4.69, 9.17) is 11.6 Å². The number of isocyanates is 1. The summed E-state index contributed by atoms with van der Waals surface area (Å²) in [7, 11) is 0. The van der Waals surface area contributed by atoms with E-state index in [1.165, 1.54) is 6.08 Å². The molecule has 0 spiro atoms. The molecule has 2 nitrogen and oxygen atoms in total. The Morgan fingerprint density at radius 2 is 2.00 bits per heavy atom. The lowest BCUT2D eigenvalue weighted by Crippen LogP contribution is -1.87. The molecule has 0 aliphatic heterocycles. The van der Waals surface area contributed by atoms with Gasteiger partial charge >= 0.3 is 0 Å². The van der Waals surface area contributed by atoms with Crippen LogP contribution in [-0.2, 0) is 4.79 Å². The third kappa shape index (κ3) is 2.19. The van der Waals surface area contributed by atoms with Crippen molar-refractivity contribution in [3.05, 3.63) is 34.9 Å². The average Bonchev–Trinajstić information content (AvgIpc) is 2.06. The van der Waals surface area contributed by atoms with Gasteiger partial charge in [0.15, 0.2) is 0 Å². The van der Waals surface area contributed by atoms with Crippen molar-refractivity contribution in [2.75, 3.05) is 0 Å². The normalized spacial score (nSPS) is 11.8. The largest absolute Gasteiger partial charge is 0.235 e. The van der Waals surface area contributed by atoms with Crippen LogP contribution in [0.1, 0.15) is 18.5 Å². The molecule has 0 fully saturated rings. The lowest BCUT2D eigenvalue weighted by Gasteiger charge is -2.02. The minimum Gasteiger partial charge on any atom is -0.211 e. The van der Waals surface area contributed by atoms with Crippen molar-refractivity contribution in [1.29, 1.82) is 0 Å². The van der Waals surface area contributed by atoms with Crippen LogP contribution in [0.3, 0.4) is 0 Å². The van der Waals surface area contributed by atoms with E-state index in [1.54, 1.807) is 12.1 Å². The van der Waals surface area contributed by atoms with Crippen molar-refractivity contribution >= 4 is 17.7 Å². The maximum atomic E-state index is 9.94. The Kier molecular flexibility index (Phi) is 3.03. The molecule has 0 aliphatic carbocycles. The molecule has 1 atom stereocenters. The molecule has 0 amide bonds. The van der Waals surface area contributed by atoms with E-state index < -0.39 is 0 Å². The quantitative estimate of drug-likeness (QED) is 0.510. The topological polar surface area (TPSA) is 29.4 Å². The standard InChI is InChI=1S/C9H8ClNO/c1-7(11-6-12)8-2-4-9(10)5-3-8/h2-5,7H,1H3/t7-/m0/s1. The number of aliphatic imine (C=N–C) groups is 1. The second kappa shape index (κ2) is 4.05. The molecule has 0 aromatic heterocycles. The number of hydrogen-bond acceptors (Lipinski definition) is 2. The van der Waals surface area contributed by atoms with Crippen LogP contribution in [0, 0.1) is 0 Å². The number of benzene rings is 1. The summed E-state index contributed by atoms with van der Waals surface area (Å²) in [6.45, 7) is 1.83. The fraction of sp³-hybridized carbons (Fsp3) is 0.222. The first-order valence-electron chi connectivity index (χ1n) is 3.56. The van der Waals surface area contributed by atoms with Gasteiger partial charge in [0.05, 0.1) is 6.04 Å². The van der Waals surface area contributed by atoms with Crippen LogP contribution in [0.4, 0.5) is 0 Å². The summed E-state index contributed by atoms with van der Waals surface area (Å²) in [6, 6.07) is 7.09. The highest BCUT2D eigenvalue weighted by molar-refractivity contribution is 6.30. The lowest BCUT2D eigenvalue weighted by atomic mass is 10.1. The molecule has 1 rings (SSSR count). The van der Waals surface area contributed by atoms with E-state index in [0.717, 1.165) is 5.56 Å². The van der Waals surface area contributed by atoms with Crippen molar-refractivity contribution in [3.63, 3.8) is 0 Å². The fourth-order valence-corrected chi connectivity index (χ4v) is 1.02. The minimum atomic E-state index is -0.139. The second-order valence-electron chi connectivity index (χ2n) is 2.45. The Labute approximate surface area is 75.9 Å². The molecule has 1 aromatic carbocycles. The predicted octanol–water partition coefficient (Wildman–Crippen LogP) is 2.74. The van der Waals surface area contributed by atoms with E-state index in [0.29, 0.717) is 5.02 Å². The van der Waals surface area contributed by atoms with Gasteiger partial charge in [0, 0.05) is 5.02 Å². The van der Waals surface area contributed by atoms with Crippen molar-refractivity contribution in [2.45, 2.75) is 13.0 Å².